The van der Waals surface area contributed by atoms with Crippen molar-refractivity contribution in [2.24, 2.45) is 0 Å². The van der Waals surface area contributed by atoms with E-state index in [2.05, 4.69) is 44.4 Å². The molecule has 2 N–H and O–H groups in total. The minimum atomic E-state index is -1.82. The van der Waals surface area contributed by atoms with Gasteiger partial charge in [-0.25, -0.2) is 13.8 Å². The lowest BCUT2D eigenvalue weighted by Gasteiger charge is -2.31. The standard InChI is InChI=1S/C18H14F2IN3O/c1-11(12-2-5-14(21)6-3-12)18(25,9-17-22-10-23-24-17)15-7-4-13(19)8-16(15)20/h2-8,10,25H,1,9H2,(H,22,23,24). The zero-order valence-corrected chi connectivity index (χ0v) is 15.2. The van der Waals surface area contributed by atoms with Crippen molar-refractivity contribution in [2.75, 3.05) is 0 Å². The fourth-order valence-electron chi connectivity index (χ4n) is 2.64. The predicted molar refractivity (Wildman–Crippen MR) is 98.5 cm³/mol. The number of benzene rings is 2. The topological polar surface area (TPSA) is 61.8 Å². The number of rotatable bonds is 5. The molecule has 4 nitrogen and oxygen atoms in total. The van der Waals surface area contributed by atoms with Crippen LogP contribution in [0.3, 0.4) is 0 Å². The zero-order valence-electron chi connectivity index (χ0n) is 13.0. The van der Waals surface area contributed by atoms with Crippen molar-refractivity contribution in [2.45, 2.75) is 12.0 Å². The van der Waals surface area contributed by atoms with Gasteiger partial charge in [-0.05, 0) is 58.0 Å². The van der Waals surface area contributed by atoms with Gasteiger partial charge in [0.25, 0.3) is 0 Å². The van der Waals surface area contributed by atoms with Crippen LogP contribution in [0.5, 0.6) is 0 Å². The minimum Gasteiger partial charge on any atom is -0.380 e. The van der Waals surface area contributed by atoms with Crippen LogP contribution in [0, 0.1) is 15.2 Å². The van der Waals surface area contributed by atoms with E-state index in [1.807, 2.05) is 12.1 Å². The van der Waals surface area contributed by atoms with Gasteiger partial charge in [0.05, 0.1) is 0 Å². The summed E-state index contributed by atoms with van der Waals surface area (Å²) in [6, 6.07) is 10.4. The van der Waals surface area contributed by atoms with Gasteiger partial charge in [0.15, 0.2) is 0 Å². The summed E-state index contributed by atoms with van der Waals surface area (Å²) in [4.78, 5) is 4.00. The largest absolute Gasteiger partial charge is 0.380 e. The first-order chi connectivity index (χ1) is 11.9. The van der Waals surface area contributed by atoms with Crippen LogP contribution >= 0.6 is 22.6 Å². The number of hydrogen-bond donors (Lipinski definition) is 2. The normalized spacial score (nSPS) is 13.4. The Balaban J connectivity index is 2.10. The fraction of sp³-hybridized carbons (Fsp3) is 0.111. The Morgan fingerprint density at radius 2 is 1.92 bits per heavy atom. The van der Waals surface area contributed by atoms with Gasteiger partial charge in [-0.2, -0.15) is 5.10 Å². The van der Waals surface area contributed by atoms with Gasteiger partial charge in [0, 0.05) is 21.6 Å². The van der Waals surface area contributed by atoms with Crippen molar-refractivity contribution >= 4 is 28.2 Å². The Morgan fingerprint density at radius 1 is 1.20 bits per heavy atom. The lowest BCUT2D eigenvalue weighted by Crippen LogP contribution is -2.32. The average molecular weight is 453 g/mol. The van der Waals surface area contributed by atoms with E-state index >= 15 is 0 Å². The third kappa shape index (κ3) is 3.62. The number of H-pyrrole nitrogens is 1. The second-order valence-electron chi connectivity index (χ2n) is 5.58. The van der Waals surface area contributed by atoms with Gasteiger partial charge < -0.3 is 5.11 Å². The van der Waals surface area contributed by atoms with Gasteiger partial charge in [-0.1, -0.05) is 18.7 Å². The molecule has 0 fully saturated rings. The molecule has 128 valence electrons. The Hall–Kier alpha value is -2.13. The van der Waals surface area contributed by atoms with E-state index in [4.69, 9.17) is 0 Å². The summed E-state index contributed by atoms with van der Waals surface area (Å²) >= 11 is 2.16. The molecular formula is C18H14F2IN3O. The maximum atomic E-state index is 14.4. The summed E-state index contributed by atoms with van der Waals surface area (Å²) in [7, 11) is 0. The molecule has 1 atom stereocenters. The molecular weight excluding hydrogens is 439 g/mol. The van der Waals surface area contributed by atoms with Gasteiger partial charge in [0.2, 0.25) is 0 Å². The molecule has 3 rings (SSSR count). The summed E-state index contributed by atoms with van der Waals surface area (Å²) in [5.41, 5.74) is -0.963. The molecule has 2 aromatic carbocycles. The van der Waals surface area contributed by atoms with Crippen molar-refractivity contribution in [3.8, 4) is 0 Å². The van der Waals surface area contributed by atoms with E-state index in [1.54, 1.807) is 12.1 Å². The highest BCUT2D eigenvalue weighted by atomic mass is 127. The summed E-state index contributed by atoms with van der Waals surface area (Å²) in [6.07, 6.45) is 1.21. The number of nitrogens with zero attached hydrogens (tertiary/aromatic N) is 2. The average Bonchev–Trinajstić information content (AvgIpc) is 3.07. The van der Waals surface area contributed by atoms with Gasteiger partial charge in [0.1, 0.15) is 29.4 Å². The van der Waals surface area contributed by atoms with Crippen LogP contribution in [0.1, 0.15) is 17.0 Å². The van der Waals surface area contributed by atoms with Crippen molar-refractivity contribution in [3.63, 3.8) is 0 Å². The van der Waals surface area contributed by atoms with Crippen LogP contribution in [0.15, 0.2) is 55.4 Å². The molecule has 1 unspecified atom stereocenters. The van der Waals surface area contributed by atoms with E-state index in [0.717, 1.165) is 15.7 Å². The first-order valence-electron chi connectivity index (χ1n) is 7.37. The van der Waals surface area contributed by atoms with Crippen molar-refractivity contribution in [1.82, 2.24) is 15.2 Å². The molecule has 0 aliphatic carbocycles. The number of aliphatic hydroxyl groups is 1. The van der Waals surface area contributed by atoms with Gasteiger partial charge >= 0.3 is 0 Å². The van der Waals surface area contributed by atoms with Crippen molar-refractivity contribution in [1.29, 1.82) is 0 Å². The van der Waals surface area contributed by atoms with Crippen LogP contribution in [-0.4, -0.2) is 20.3 Å². The Labute approximate surface area is 156 Å². The maximum Gasteiger partial charge on any atom is 0.137 e. The molecule has 0 spiro atoms. The molecule has 1 aromatic heterocycles. The lowest BCUT2D eigenvalue weighted by atomic mass is 9.80. The molecule has 0 aliphatic rings. The molecule has 0 saturated heterocycles. The van der Waals surface area contributed by atoms with Crippen LogP contribution in [-0.2, 0) is 12.0 Å². The monoisotopic (exact) mass is 453 g/mol. The number of hydrogen-bond acceptors (Lipinski definition) is 3. The predicted octanol–water partition coefficient (Wildman–Crippen LogP) is 3.83. The first kappa shape index (κ1) is 17.7. The fourth-order valence-corrected chi connectivity index (χ4v) is 3.00. The Kier molecular flexibility index (Phi) is 4.96. The second kappa shape index (κ2) is 7.01. The molecule has 7 heteroatoms. The third-order valence-corrected chi connectivity index (χ3v) is 4.68. The van der Waals surface area contributed by atoms with Crippen LogP contribution in [0.4, 0.5) is 8.78 Å². The third-order valence-electron chi connectivity index (χ3n) is 3.96. The second-order valence-corrected chi connectivity index (χ2v) is 6.82. The maximum absolute atomic E-state index is 14.4. The number of aromatic nitrogens is 3. The Bertz CT molecular complexity index is 897. The highest BCUT2D eigenvalue weighted by Crippen LogP contribution is 2.39. The van der Waals surface area contributed by atoms with Crippen molar-refractivity contribution < 1.29 is 13.9 Å². The van der Waals surface area contributed by atoms with Gasteiger partial charge in [-0.3, -0.25) is 5.10 Å². The van der Waals surface area contributed by atoms with E-state index < -0.39 is 17.2 Å². The molecule has 1 heterocycles. The van der Waals surface area contributed by atoms with Crippen LogP contribution in [0.25, 0.3) is 5.57 Å². The lowest BCUT2D eigenvalue weighted by molar-refractivity contribution is 0.0947. The molecule has 25 heavy (non-hydrogen) atoms. The molecule has 0 bridgehead atoms. The molecule has 0 saturated carbocycles. The van der Waals surface area contributed by atoms with Crippen LogP contribution in [0.2, 0.25) is 0 Å². The van der Waals surface area contributed by atoms with Crippen molar-refractivity contribution in [3.05, 3.63) is 87.5 Å². The minimum absolute atomic E-state index is 0.0751. The van der Waals surface area contributed by atoms with E-state index in [-0.39, 0.29) is 17.6 Å². The van der Waals surface area contributed by atoms with Gasteiger partial charge in [-0.15, -0.1) is 0 Å². The molecule has 0 amide bonds. The highest BCUT2D eigenvalue weighted by molar-refractivity contribution is 14.1. The highest BCUT2D eigenvalue weighted by Gasteiger charge is 2.37. The molecule has 3 aromatic rings. The quantitative estimate of drug-likeness (QED) is 0.578. The van der Waals surface area contributed by atoms with Crippen LogP contribution < -0.4 is 0 Å². The number of nitrogens with one attached hydrogen (secondary N) is 1. The molecule has 0 radical (unpaired) electrons. The smallest absolute Gasteiger partial charge is 0.137 e. The van der Waals surface area contributed by atoms with E-state index in [0.29, 0.717) is 11.4 Å². The SMILES string of the molecule is C=C(c1ccc(I)cc1)C(O)(Cc1ncn[nH]1)c1ccc(F)cc1F. The summed E-state index contributed by atoms with van der Waals surface area (Å²) in [5, 5.41) is 17.8. The Morgan fingerprint density at radius 3 is 2.52 bits per heavy atom. The number of halogens is 3. The summed E-state index contributed by atoms with van der Waals surface area (Å²) < 4.78 is 28.7. The van der Waals surface area contributed by atoms with E-state index in [9.17, 15) is 13.9 Å². The molecule has 0 aliphatic heterocycles. The number of aromatic amines is 1. The first-order valence-corrected chi connectivity index (χ1v) is 8.45. The zero-order chi connectivity index (χ0) is 18.0. The summed E-state index contributed by atoms with van der Waals surface area (Å²) in [6.45, 7) is 3.97. The van der Waals surface area contributed by atoms with E-state index in [1.165, 1.54) is 12.4 Å². The summed E-state index contributed by atoms with van der Waals surface area (Å²) in [5.74, 6) is -1.21.